The van der Waals surface area contributed by atoms with Crippen LogP contribution < -0.4 is 0 Å². The van der Waals surface area contributed by atoms with E-state index in [-0.39, 0.29) is 11.6 Å². The highest BCUT2D eigenvalue weighted by atomic mass is 35.5. The summed E-state index contributed by atoms with van der Waals surface area (Å²) in [6.45, 7) is 0. The lowest BCUT2D eigenvalue weighted by Crippen LogP contribution is -1.77. The number of halogens is 1. The van der Waals surface area contributed by atoms with Gasteiger partial charge in [-0.25, -0.2) is 4.98 Å². The van der Waals surface area contributed by atoms with E-state index in [1.807, 2.05) is 0 Å². The molecule has 14 heavy (non-hydrogen) atoms. The standard InChI is InChI=1S/C9H6ClNO2S/c10-7-3-5(12)1-2-6(7)9-11-8(13)4-14-9/h1-4,12-13H. The Morgan fingerprint density at radius 3 is 2.64 bits per heavy atom. The molecule has 0 aliphatic heterocycles. The molecule has 0 fully saturated rings. The zero-order valence-electron chi connectivity index (χ0n) is 6.94. The van der Waals surface area contributed by atoms with Crippen LogP contribution in [0.2, 0.25) is 5.02 Å². The maximum absolute atomic E-state index is 9.14. The number of aromatic nitrogens is 1. The van der Waals surface area contributed by atoms with Gasteiger partial charge in [-0.2, -0.15) is 0 Å². The Hall–Kier alpha value is -1.26. The molecule has 2 N–H and O–H groups in total. The van der Waals surface area contributed by atoms with Crippen LogP contribution in [0.5, 0.6) is 11.6 Å². The molecule has 0 spiro atoms. The van der Waals surface area contributed by atoms with Gasteiger partial charge in [0.05, 0.1) is 10.4 Å². The molecule has 0 saturated carbocycles. The van der Waals surface area contributed by atoms with Crippen molar-refractivity contribution in [3.8, 4) is 22.2 Å². The van der Waals surface area contributed by atoms with Crippen molar-refractivity contribution in [3.63, 3.8) is 0 Å². The number of rotatable bonds is 1. The van der Waals surface area contributed by atoms with Gasteiger partial charge in [-0.15, -0.1) is 11.3 Å². The molecule has 5 heteroatoms. The number of hydrogen-bond acceptors (Lipinski definition) is 4. The average Bonchev–Trinajstić information content (AvgIpc) is 2.51. The van der Waals surface area contributed by atoms with Crippen LogP contribution in [-0.2, 0) is 0 Å². The molecule has 1 heterocycles. The summed E-state index contributed by atoms with van der Waals surface area (Å²) in [6.07, 6.45) is 0. The lowest BCUT2D eigenvalue weighted by atomic mass is 10.2. The van der Waals surface area contributed by atoms with Gasteiger partial charge in [0.2, 0.25) is 5.88 Å². The Kier molecular flexibility index (Phi) is 2.31. The molecule has 2 rings (SSSR count). The number of phenols is 1. The SMILES string of the molecule is Oc1ccc(-c2nc(O)cs2)c(Cl)c1. The Labute approximate surface area is 89.2 Å². The number of phenolic OH excluding ortho intramolecular Hbond substituents is 1. The van der Waals surface area contributed by atoms with Gasteiger partial charge < -0.3 is 10.2 Å². The Morgan fingerprint density at radius 1 is 1.29 bits per heavy atom. The van der Waals surface area contributed by atoms with Gasteiger partial charge in [0.25, 0.3) is 0 Å². The highest BCUT2D eigenvalue weighted by Crippen LogP contribution is 2.33. The van der Waals surface area contributed by atoms with Gasteiger partial charge in [-0.05, 0) is 18.2 Å². The van der Waals surface area contributed by atoms with Crippen LogP contribution in [0.25, 0.3) is 10.6 Å². The van der Waals surface area contributed by atoms with E-state index in [0.29, 0.717) is 15.6 Å². The van der Waals surface area contributed by atoms with E-state index in [1.165, 1.54) is 28.8 Å². The summed E-state index contributed by atoms with van der Waals surface area (Å²) in [7, 11) is 0. The quantitative estimate of drug-likeness (QED) is 0.788. The van der Waals surface area contributed by atoms with Crippen LogP contribution in [0.15, 0.2) is 23.6 Å². The Balaban J connectivity index is 2.52. The number of benzene rings is 1. The molecule has 72 valence electrons. The van der Waals surface area contributed by atoms with E-state index in [0.717, 1.165) is 0 Å². The average molecular weight is 228 g/mol. The van der Waals surface area contributed by atoms with Crippen molar-refractivity contribution >= 4 is 22.9 Å². The predicted molar refractivity (Wildman–Crippen MR) is 55.9 cm³/mol. The number of thiazole rings is 1. The minimum atomic E-state index is -0.0193. The van der Waals surface area contributed by atoms with Crippen molar-refractivity contribution in [2.24, 2.45) is 0 Å². The van der Waals surface area contributed by atoms with Crippen molar-refractivity contribution in [2.75, 3.05) is 0 Å². The van der Waals surface area contributed by atoms with Gasteiger partial charge in [0.1, 0.15) is 10.8 Å². The van der Waals surface area contributed by atoms with Crippen LogP contribution in [0.4, 0.5) is 0 Å². The number of hydrogen-bond donors (Lipinski definition) is 2. The summed E-state index contributed by atoms with van der Waals surface area (Å²) in [5.41, 5.74) is 0.703. The summed E-state index contributed by atoms with van der Waals surface area (Å²) in [6, 6.07) is 4.63. The topological polar surface area (TPSA) is 53.4 Å². The molecule has 1 aromatic heterocycles. The second-order valence-electron chi connectivity index (χ2n) is 2.68. The van der Waals surface area contributed by atoms with Crippen molar-refractivity contribution in [2.45, 2.75) is 0 Å². The second kappa shape index (κ2) is 3.48. The minimum absolute atomic E-state index is 0.0193. The lowest BCUT2D eigenvalue weighted by molar-refractivity contribution is 0.458. The van der Waals surface area contributed by atoms with Gasteiger partial charge in [0, 0.05) is 5.56 Å². The smallest absolute Gasteiger partial charge is 0.222 e. The van der Waals surface area contributed by atoms with E-state index >= 15 is 0 Å². The second-order valence-corrected chi connectivity index (χ2v) is 3.94. The molecule has 0 aliphatic rings. The van der Waals surface area contributed by atoms with E-state index in [4.69, 9.17) is 21.8 Å². The molecule has 0 radical (unpaired) electrons. The highest BCUT2D eigenvalue weighted by Gasteiger charge is 2.08. The molecule has 0 aliphatic carbocycles. The summed E-state index contributed by atoms with van der Waals surface area (Å²) in [4.78, 5) is 3.88. The maximum atomic E-state index is 9.14. The first-order valence-corrected chi connectivity index (χ1v) is 5.06. The first kappa shape index (κ1) is 9.30. The van der Waals surface area contributed by atoms with Crippen LogP contribution in [0, 0.1) is 0 Å². The van der Waals surface area contributed by atoms with Crippen LogP contribution in [-0.4, -0.2) is 15.2 Å². The molecule has 0 saturated heterocycles. The third-order valence-electron chi connectivity index (χ3n) is 1.68. The van der Waals surface area contributed by atoms with Crippen LogP contribution in [0.1, 0.15) is 0 Å². The number of nitrogens with zero attached hydrogens (tertiary/aromatic N) is 1. The molecule has 2 aromatic rings. The largest absolute Gasteiger partial charge is 0.508 e. The molecule has 1 aromatic carbocycles. The summed E-state index contributed by atoms with van der Waals surface area (Å²) >= 11 is 7.19. The van der Waals surface area contributed by atoms with Gasteiger partial charge in [-0.1, -0.05) is 11.6 Å². The molecular weight excluding hydrogens is 222 g/mol. The third-order valence-corrected chi connectivity index (χ3v) is 2.85. The fourth-order valence-corrected chi connectivity index (χ4v) is 2.11. The zero-order chi connectivity index (χ0) is 10.1. The summed E-state index contributed by atoms with van der Waals surface area (Å²) in [5, 5.41) is 20.8. The molecule has 0 amide bonds. The van der Waals surface area contributed by atoms with E-state index < -0.39 is 0 Å². The van der Waals surface area contributed by atoms with Crippen molar-refractivity contribution < 1.29 is 10.2 Å². The first-order chi connectivity index (χ1) is 6.66. The summed E-state index contributed by atoms with van der Waals surface area (Å²) in [5.74, 6) is 0.0914. The van der Waals surface area contributed by atoms with Crippen LogP contribution in [0.3, 0.4) is 0 Å². The number of aromatic hydroxyl groups is 2. The maximum Gasteiger partial charge on any atom is 0.222 e. The normalized spacial score (nSPS) is 10.4. The highest BCUT2D eigenvalue weighted by molar-refractivity contribution is 7.13. The Bertz CT molecular complexity index is 470. The Morgan fingerprint density at radius 2 is 2.07 bits per heavy atom. The van der Waals surface area contributed by atoms with Crippen molar-refractivity contribution in [1.82, 2.24) is 4.98 Å². The third kappa shape index (κ3) is 1.66. The monoisotopic (exact) mass is 227 g/mol. The van der Waals surface area contributed by atoms with E-state index in [9.17, 15) is 0 Å². The van der Waals surface area contributed by atoms with Gasteiger partial charge >= 0.3 is 0 Å². The molecule has 0 atom stereocenters. The van der Waals surface area contributed by atoms with Gasteiger partial charge in [0.15, 0.2) is 0 Å². The zero-order valence-corrected chi connectivity index (χ0v) is 8.51. The first-order valence-electron chi connectivity index (χ1n) is 3.80. The van der Waals surface area contributed by atoms with Gasteiger partial charge in [-0.3, -0.25) is 0 Å². The van der Waals surface area contributed by atoms with E-state index in [2.05, 4.69) is 4.98 Å². The minimum Gasteiger partial charge on any atom is -0.508 e. The van der Waals surface area contributed by atoms with Crippen LogP contribution >= 0.6 is 22.9 Å². The lowest BCUT2D eigenvalue weighted by Gasteiger charge is -1.99. The molecule has 0 bridgehead atoms. The summed E-state index contributed by atoms with van der Waals surface area (Å²) < 4.78 is 0. The fourth-order valence-electron chi connectivity index (χ4n) is 1.07. The van der Waals surface area contributed by atoms with E-state index in [1.54, 1.807) is 6.07 Å². The fraction of sp³-hybridized carbons (Fsp3) is 0. The van der Waals surface area contributed by atoms with Crippen molar-refractivity contribution in [1.29, 1.82) is 0 Å². The van der Waals surface area contributed by atoms with Crippen molar-refractivity contribution in [3.05, 3.63) is 28.6 Å². The molecule has 3 nitrogen and oxygen atoms in total. The predicted octanol–water partition coefficient (Wildman–Crippen LogP) is 2.87. The molecule has 0 unspecified atom stereocenters. The molecular formula is C9H6ClNO2S.